The lowest BCUT2D eigenvalue weighted by molar-refractivity contribution is 0.819. The van der Waals surface area contributed by atoms with Gasteiger partial charge in [0.1, 0.15) is 12.1 Å². The van der Waals surface area contributed by atoms with Crippen LogP contribution in [0, 0.1) is 0 Å². The third-order valence-corrected chi connectivity index (χ3v) is 3.42. The molecule has 0 saturated carbocycles. The monoisotopic (exact) mass is 279 g/mol. The second-order valence-electron chi connectivity index (χ2n) is 4.67. The predicted octanol–water partition coefficient (Wildman–Crippen LogP) is 2.93. The smallest absolute Gasteiger partial charge is 0.161 e. The molecule has 5 nitrogen and oxygen atoms in total. The number of aromatic nitrogens is 4. The molecule has 0 bridgehead atoms. The van der Waals surface area contributed by atoms with E-state index in [1.165, 1.54) is 0 Å². The SMILES string of the molecule is CCc1c(NC)ncnc1-n1cc(-c2ccccc2)cn1. The standard InChI is InChI=1S/C16H17N5/c1-3-14-15(17-2)18-11-19-16(14)21-10-13(9-20-21)12-7-5-4-6-8-12/h4-11H,3H2,1-2H3,(H,17,18,19). The quantitative estimate of drug-likeness (QED) is 0.797. The van der Waals surface area contributed by atoms with Crippen LogP contribution >= 0.6 is 0 Å². The van der Waals surface area contributed by atoms with Gasteiger partial charge in [-0.3, -0.25) is 0 Å². The summed E-state index contributed by atoms with van der Waals surface area (Å²) >= 11 is 0. The maximum absolute atomic E-state index is 4.45. The van der Waals surface area contributed by atoms with Gasteiger partial charge in [0.25, 0.3) is 0 Å². The first-order chi connectivity index (χ1) is 10.3. The fourth-order valence-corrected chi connectivity index (χ4v) is 2.36. The zero-order valence-electron chi connectivity index (χ0n) is 12.1. The van der Waals surface area contributed by atoms with Crippen molar-refractivity contribution in [3.8, 4) is 16.9 Å². The summed E-state index contributed by atoms with van der Waals surface area (Å²) in [7, 11) is 1.86. The molecular weight excluding hydrogens is 262 g/mol. The van der Waals surface area contributed by atoms with Gasteiger partial charge in [0.2, 0.25) is 0 Å². The number of nitrogens with zero attached hydrogens (tertiary/aromatic N) is 4. The number of hydrogen-bond donors (Lipinski definition) is 1. The van der Waals surface area contributed by atoms with E-state index in [0.29, 0.717) is 0 Å². The van der Waals surface area contributed by atoms with Crippen LogP contribution in [-0.4, -0.2) is 26.8 Å². The van der Waals surface area contributed by atoms with Crippen molar-refractivity contribution in [3.63, 3.8) is 0 Å². The van der Waals surface area contributed by atoms with Crippen LogP contribution in [0.5, 0.6) is 0 Å². The minimum Gasteiger partial charge on any atom is -0.373 e. The predicted molar refractivity (Wildman–Crippen MR) is 83.5 cm³/mol. The van der Waals surface area contributed by atoms with Gasteiger partial charge in [0.05, 0.1) is 6.20 Å². The highest BCUT2D eigenvalue weighted by atomic mass is 15.3. The van der Waals surface area contributed by atoms with Crippen LogP contribution in [0.25, 0.3) is 16.9 Å². The molecule has 0 fully saturated rings. The minimum absolute atomic E-state index is 0.819. The number of rotatable bonds is 4. The normalized spacial score (nSPS) is 10.6. The first-order valence-corrected chi connectivity index (χ1v) is 6.95. The van der Waals surface area contributed by atoms with Crippen molar-refractivity contribution in [3.05, 3.63) is 54.6 Å². The van der Waals surface area contributed by atoms with Gasteiger partial charge < -0.3 is 5.32 Å². The van der Waals surface area contributed by atoms with Crippen molar-refractivity contribution in [1.82, 2.24) is 19.7 Å². The molecule has 0 amide bonds. The van der Waals surface area contributed by atoms with Gasteiger partial charge in [-0.05, 0) is 12.0 Å². The average molecular weight is 279 g/mol. The molecule has 3 rings (SSSR count). The Bertz CT molecular complexity index is 733. The molecule has 0 aliphatic carbocycles. The van der Waals surface area contributed by atoms with Crippen LogP contribution in [0.1, 0.15) is 12.5 Å². The van der Waals surface area contributed by atoms with Gasteiger partial charge in [-0.2, -0.15) is 5.10 Å². The van der Waals surface area contributed by atoms with Crippen molar-refractivity contribution in [1.29, 1.82) is 0 Å². The van der Waals surface area contributed by atoms with Crippen molar-refractivity contribution >= 4 is 5.82 Å². The second kappa shape index (κ2) is 5.75. The van der Waals surface area contributed by atoms with Crippen molar-refractivity contribution in [2.75, 3.05) is 12.4 Å². The molecule has 0 unspecified atom stereocenters. The van der Waals surface area contributed by atoms with Crippen molar-refractivity contribution in [2.45, 2.75) is 13.3 Å². The van der Waals surface area contributed by atoms with Gasteiger partial charge in [0, 0.05) is 24.4 Å². The minimum atomic E-state index is 0.819. The highest BCUT2D eigenvalue weighted by Crippen LogP contribution is 2.22. The van der Waals surface area contributed by atoms with Crippen LogP contribution in [0.15, 0.2) is 49.1 Å². The maximum Gasteiger partial charge on any atom is 0.161 e. The summed E-state index contributed by atoms with van der Waals surface area (Å²) in [6.45, 7) is 2.09. The molecule has 2 heterocycles. The summed E-state index contributed by atoms with van der Waals surface area (Å²) in [5.41, 5.74) is 3.27. The van der Waals surface area contributed by atoms with E-state index < -0.39 is 0 Å². The fraction of sp³-hybridized carbons (Fsp3) is 0.188. The molecule has 0 spiro atoms. The Morgan fingerprint density at radius 2 is 1.90 bits per heavy atom. The van der Waals surface area contributed by atoms with E-state index in [2.05, 4.69) is 39.4 Å². The van der Waals surface area contributed by atoms with Gasteiger partial charge in [-0.1, -0.05) is 37.3 Å². The van der Waals surface area contributed by atoms with E-state index in [4.69, 9.17) is 0 Å². The fourth-order valence-electron chi connectivity index (χ4n) is 2.36. The Morgan fingerprint density at radius 1 is 1.10 bits per heavy atom. The molecule has 1 aromatic carbocycles. The largest absolute Gasteiger partial charge is 0.373 e. The lowest BCUT2D eigenvalue weighted by atomic mass is 10.1. The molecule has 5 heteroatoms. The van der Waals surface area contributed by atoms with E-state index in [1.54, 1.807) is 6.33 Å². The Morgan fingerprint density at radius 3 is 2.62 bits per heavy atom. The summed E-state index contributed by atoms with van der Waals surface area (Å²) < 4.78 is 1.81. The Kier molecular flexibility index (Phi) is 3.64. The van der Waals surface area contributed by atoms with E-state index in [9.17, 15) is 0 Å². The molecule has 0 aliphatic heterocycles. The van der Waals surface area contributed by atoms with E-state index in [1.807, 2.05) is 42.3 Å². The number of benzene rings is 1. The van der Waals surface area contributed by atoms with Gasteiger partial charge in [0.15, 0.2) is 5.82 Å². The van der Waals surface area contributed by atoms with Crippen LogP contribution in [0.4, 0.5) is 5.82 Å². The molecule has 106 valence electrons. The third kappa shape index (κ3) is 2.50. The van der Waals surface area contributed by atoms with Gasteiger partial charge in [-0.15, -0.1) is 0 Å². The zero-order chi connectivity index (χ0) is 14.7. The van der Waals surface area contributed by atoms with Crippen molar-refractivity contribution < 1.29 is 0 Å². The number of hydrogen-bond acceptors (Lipinski definition) is 4. The van der Waals surface area contributed by atoms with E-state index >= 15 is 0 Å². The third-order valence-electron chi connectivity index (χ3n) is 3.42. The summed E-state index contributed by atoms with van der Waals surface area (Å²) in [4.78, 5) is 8.64. The molecule has 0 saturated heterocycles. The van der Waals surface area contributed by atoms with Gasteiger partial charge >= 0.3 is 0 Å². The number of anilines is 1. The Labute approximate surface area is 123 Å². The lowest BCUT2D eigenvalue weighted by Crippen LogP contribution is -2.07. The Balaban J connectivity index is 2.05. The molecule has 3 aromatic rings. The molecular formula is C16H17N5. The van der Waals surface area contributed by atoms with Crippen LogP contribution in [0.2, 0.25) is 0 Å². The molecule has 0 radical (unpaired) electrons. The average Bonchev–Trinajstić information content (AvgIpc) is 3.04. The lowest BCUT2D eigenvalue weighted by Gasteiger charge is -2.10. The number of nitrogens with one attached hydrogen (secondary N) is 1. The maximum atomic E-state index is 4.45. The van der Waals surface area contributed by atoms with Crippen LogP contribution in [-0.2, 0) is 6.42 Å². The van der Waals surface area contributed by atoms with E-state index in [-0.39, 0.29) is 0 Å². The molecule has 0 atom stereocenters. The second-order valence-corrected chi connectivity index (χ2v) is 4.67. The first kappa shape index (κ1) is 13.3. The summed E-state index contributed by atoms with van der Waals surface area (Å²) in [5, 5.41) is 7.55. The first-order valence-electron chi connectivity index (χ1n) is 6.95. The molecule has 1 N–H and O–H groups in total. The molecule has 21 heavy (non-hydrogen) atoms. The van der Waals surface area contributed by atoms with Gasteiger partial charge in [-0.25, -0.2) is 14.6 Å². The zero-order valence-corrected chi connectivity index (χ0v) is 12.1. The van der Waals surface area contributed by atoms with Crippen LogP contribution in [0.3, 0.4) is 0 Å². The topological polar surface area (TPSA) is 55.6 Å². The summed E-state index contributed by atoms with van der Waals surface area (Å²) in [6.07, 6.45) is 6.25. The molecule has 2 aromatic heterocycles. The summed E-state index contributed by atoms with van der Waals surface area (Å²) in [6, 6.07) is 10.2. The summed E-state index contributed by atoms with van der Waals surface area (Å²) in [5.74, 6) is 1.67. The van der Waals surface area contributed by atoms with E-state index in [0.717, 1.165) is 34.7 Å². The van der Waals surface area contributed by atoms with Crippen LogP contribution < -0.4 is 5.32 Å². The Hall–Kier alpha value is -2.69. The highest BCUT2D eigenvalue weighted by molar-refractivity contribution is 5.62. The molecule has 0 aliphatic rings. The highest BCUT2D eigenvalue weighted by Gasteiger charge is 2.12. The van der Waals surface area contributed by atoms with Crippen molar-refractivity contribution in [2.24, 2.45) is 0 Å².